The standard InChI is InChI=1S/C23H28ClN5/c1-2-11-27-12-14-28(15-13-27)23-19-5-3-4-6-20(19)25-22-16-21(26-29(22)23)17-7-9-18(24)10-8-17/h7-10,16H,2-6,11-15H2,1H3. The molecule has 5 nitrogen and oxygen atoms in total. The van der Waals surface area contributed by atoms with Crippen molar-refractivity contribution in [3.05, 3.63) is 46.6 Å². The molecule has 2 aromatic heterocycles. The quantitative estimate of drug-likeness (QED) is 0.637. The summed E-state index contributed by atoms with van der Waals surface area (Å²) in [4.78, 5) is 10.1. The zero-order valence-electron chi connectivity index (χ0n) is 17.1. The first-order chi connectivity index (χ1) is 14.2. The lowest BCUT2D eigenvalue weighted by Crippen LogP contribution is -2.47. The number of fused-ring (bicyclic) bond motifs is 2. The van der Waals surface area contributed by atoms with Gasteiger partial charge in [-0.1, -0.05) is 30.7 Å². The van der Waals surface area contributed by atoms with Gasteiger partial charge in [-0.2, -0.15) is 9.61 Å². The van der Waals surface area contributed by atoms with Crippen molar-refractivity contribution >= 4 is 23.1 Å². The molecule has 1 saturated heterocycles. The molecule has 0 bridgehead atoms. The van der Waals surface area contributed by atoms with E-state index in [-0.39, 0.29) is 0 Å². The molecule has 3 aromatic rings. The van der Waals surface area contributed by atoms with E-state index in [0.717, 1.165) is 60.9 Å². The van der Waals surface area contributed by atoms with Gasteiger partial charge in [-0.25, -0.2) is 4.98 Å². The Morgan fingerprint density at radius 3 is 2.52 bits per heavy atom. The lowest BCUT2D eigenvalue weighted by atomic mass is 9.96. The number of rotatable bonds is 4. The first kappa shape index (κ1) is 18.9. The van der Waals surface area contributed by atoms with Crippen LogP contribution in [0.4, 0.5) is 5.82 Å². The summed E-state index contributed by atoms with van der Waals surface area (Å²) >= 11 is 6.08. The van der Waals surface area contributed by atoms with Crippen LogP contribution in [-0.2, 0) is 12.8 Å². The summed E-state index contributed by atoms with van der Waals surface area (Å²) in [6, 6.07) is 10.0. The van der Waals surface area contributed by atoms with Crippen LogP contribution in [0.25, 0.3) is 16.9 Å². The highest BCUT2D eigenvalue weighted by Crippen LogP contribution is 2.32. The summed E-state index contributed by atoms with van der Waals surface area (Å²) < 4.78 is 2.10. The number of anilines is 1. The number of benzene rings is 1. The van der Waals surface area contributed by atoms with Crippen LogP contribution in [0.5, 0.6) is 0 Å². The third-order valence-corrected chi connectivity index (χ3v) is 6.45. The maximum absolute atomic E-state index is 6.08. The van der Waals surface area contributed by atoms with E-state index in [0.29, 0.717) is 0 Å². The minimum Gasteiger partial charge on any atom is -0.354 e. The fourth-order valence-corrected chi connectivity index (χ4v) is 4.84. The fraction of sp³-hybridized carbons (Fsp3) is 0.478. The molecule has 1 aliphatic carbocycles. The highest BCUT2D eigenvalue weighted by molar-refractivity contribution is 6.30. The molecular formula is C23H28ClN5. The van der Waals surface area contributed by atoms with E-state index in [2.05, 4.69) is 27.3 Å². The molecule has 152 valence electrons. The Labute approximate surface area is 177 Å². The second-order valence-electron chi connectivity index (χ2n) is 8.20. The van der Waals surface area contributed by atoms with E-state index in [1.807, 2.05) is 24.3 Å². The summed E-state index contributed by atoms with van der Waals surface area (Å²) in [5.41, 5.74) is 5.69. The molecule has 29 heavy (non-hydrogen) atoms. The molecule has 1 aromatic carbocycles. The number of hydrogen-bond acceptors (Lipinski definition) is 4. The zero-order chi connectivity index (χ0) is 19.8. The molecule has 0 spiro atoms. The van der Waals surface area contributed by atoms with Crippen molar-refractivity contribution in [2.45, 2.75) is 39.0 Å². The van der Waals surface area contributed by atoms with Gasteiger partial charge in [0.15, 0.2) is 5.65 Å². The van der Waals surface area contributed by atoms with E-state index in [9.17, 15) is 0 Å². The predicted molar refractivity (Wildman–Crippen MR) is 119 cm³/mol. The Bertz CT molecular complexity index is 1000. The molecule has 0 unspecified atom stereocenters. The van der Waals surface area contributed by atoms with Crippen molar-refractivity contribution in [1.82, 2.24) is 19.5 Å². The van der Waals surface area contributed by atoms with Gasteiger partial charge < -0.3 is 4.90 Å². The van der Waals surface area contributed by atoms with E-state index in [1.54, 1.807) is 0 Å². The molecule has 1 aliphatic heterocycles. The molecular weight excluding hydrogens is 382 g/mol. The van der Waals surface area contributed by atoms with E-state index < -0.39 is 0 Å². The molecule has 0 radical (unpaired) electrons. The number of hydrogen-bond donors (Lipinski definition) is 0. The maximum atomic E-state index is 6.08. The Morgan fingerprint density at radius 1 is 1.00 bits per heavy atom. The highest BCUT2D eigenvalue weighted by atomic mass is 35.5. The van der Waals surface area contributed by atoms with Crippen molar-refractivity contribution in [2.75, 3.05) is 37.6 Å². The Hall–Kier alpha value is -2.11. The van der Waals surface area contributed by atoms with Gasteiger partial charge in [-0.3, -0.25) is 4.90 Å². The predicted octanol–water partition coefficient (Wildman–Crippen LogP) is 4.46. The minimum absolute atomic E-state index is 0.747. The van der Waals surface area contributed by atoms with Gasteiger partial charge in [0, 0.05) is 54.1 Å². The average molecular weight is 410 g/mol. The van der Waals surface area contributed by atoms with Gasteiger partial charge in [0.25, 0.3) is 0 Å². The van der Waals surface area contributed by atoms with Crippen molar-refractivity contribution in [3.63, 3.8) is 0 Å². The molecule has 0 atom stereocenters. The smallest absolute Gasteiger partial charge is 0.158 e. The van der Waals surface area contributed by atoms with Crippen LogP contribution in [0.2, 0.25) is 5.02 Å². The summed E-state index contributed by atoms with van der Waals surface area (Å²) in [6.45, 7) is 7.82. The number of aromatic nitrogens is 3. The Kier molecular flexibility index (Phi) is 5.18. The zero-order valence-corrected chi connectivity index (χ0v) is 17.8. The van der Waals surface area contributed by atoms with E-state index in [4.69, 9.17) is 21.7 Å². The molecule has 2 aliphatic rings. The maximum Gasteiger partial charge on any atom is 0.158 e. The fourth-order valence-electron chi connectivity index (χ4n) is 4.71. The molecule has 6 heteroatoms. The molecule has 1 fully saturated rings. The minimum atomic E-state index is 0.747. The molecule has 0 saturated carbocycles. The highest BCUT2D eigenvalue weighted by Gasteiger charge is 2.26. The SMILES string of the molecule is CCCN1CCN(c2c3c(nc4cc(-c5ccc(Cl)cc5)nn24)CCCC3)CC1. The Balaban J connectivity index is 1.58. The van der Waals surface area contributed by atoms with Gasteiger partial charge in [0.2, 0.25) is 0 Å². The topological polar surface area (TPSA) is 36.7 Å². The van der Waals surface area contributed by atoms with E-state index >= 15 is 0 Å². The Morgan fingerprint density at radius 2 is 1.76 bits per heavy atom. The molecule has 0 amide bonds. The van der Waals surface area contributed by atoms with Crippen LogP contribution in [0, 0.1) is 0 Å². The second-order valence-corrected chi connectivity index (χ2v) is 8.64. The molecule has 3 heterocycles. The average Bonchev–Trinajstić information content (AvgIpc) is 3.17. The molecule has 0 N–H and O–H groups in total. The van der Waals surface area contributed by atoms with Crippen molar-refractivity contribution in [1.29, 1.82) is 0 Å². The van der Waals surface area contributed by atoms with Crippen LogP contribution < -0.4 is 4.90 Å². The lowest BCUT2D eigenvalue weighted by Gasteiger charge is -2.37. The van der Waals surface area contributed by atoms with Crippen molar-refractivity contribution < 1.29 is 0 Å². The van der Waals surface area contributed by atoms with Gasteiger partial charge in [-0.15, -0.1) is 0 Å². The normalized spacial score (nSPS) is 17.7. The van der Waals surface area contributed by atoms with Gasteiger partial charge in [-0.05, 0) is 50.8 Å². The number of nitrogens with zero attached hydrogens (tertiary/aromatic N) is 5. The van der Waals surface area contributed by atoms with Crippen LogP contribution in [0.15, 0.2) is 30.3 Å². The van der Waals surface area contributed by atoms with Crippen LogP contribution in [0.3, 0.4) is 0 Å². The first-order valence-electron chi connectivity index (χ1n) is 10.9. The van der Waals surface area contributed by atoms with Crippen molar-refractivity contribution in [3.8, 4) is 11.3 Å². The van der Waals surface area contributed by atoms with Crippen molar-refractivity contribution in [2.24, 2.45) is 0 Å². The van der Waals surface area contributed by atoms with Gasteiger partial charge in [0.1, 0.15) is 5.82 Å². The third kappa shape index (κ3) is 3.62. The van der Waals surface area contributed by atoms with E-state index in [1.165, 1.54) is 42.9 Å². The van der Waals surface area contributed by atoms with Gasteiger partial charge in [0.05, 0.1) is 5.69 Å². The third-order valence-electron chi connectivity index (χ3n) is 6.20. The largest absolute Gasteiger partial charge is 0.354 e. The monoisotopic (exact) mass is 409 g/mol. The lowest BCUT2D eigenvalue weighted by molar-refractivity contribution is 0.257. The second kappa shape index (κ2) is 7.96. The first-order valence-corrected chi connectivity index (χ1v) is 11.3. The van der Waals surface area contributed by atoms with Crippen LogP contribution in [-0.4, -0.2) is 52.2 Å². The summed E-state index contributed by atoms with van der Waals surface area (Å²) in [5.74, 6) is 1.28. The summed E-state index contributed by atoms with van der Waals surface area (Å²) in [6.07, 6.45) is 5.89. The number of aryl methyl sites for hydroxylation is 1. The summed E-state index contributed by atoms with van der Waals surface area (Å²) in [5, 5.41) is 5.75. The number of halogens is 1. The van der Waals surface area contributed by atoms with Gasteiger partial charge >= 0.3 is 0 Å². The molecule has 5 rings (SSSR count). The summed E-state index contributed by atoms with van der Waals surface area (Å²) in [7, 11) is 0. The number of piperazine rings is 1. The van der Waals surface area contributed by atoms with Crippen LogP contribution >= 0.6 is 11.6 Å². The van der Waals surface area contributed by atoms with Crippen LogP contribution in [0.1, 0.15) is 37.4 Å².